The van der Waals surface area contributed by atoms with Crippen molar-refractivity contribution < 1.29 is 19.0 Å². The fraction of sp³-hybridized carbons (Fsp3) is 0.458. The van der Waals surface area contributed by atoms with Gasteiger partial charge in [0.15, 0.2) is 11.5 Å². The van der Waals surface area contributed by atoms with E-state index < -0.39 is 5.41 Å². The van der Waals surface area contributed by atoms with E-state index in [1.807, 2.05) is 36.4 Å². The van der Waals surface area contributed by atoms with Crippen molar-refractivity contribution in [1.29, 1.82) is 0 Å². The predicted octanol–water partition coefficient (Wildman–Crippen LogP) is 3.89. The molecule has 29 heavy (non-hydrogen) atoms. The van der Waals surface area contributed by atoms with Gasteiger partial charge in [0.05, 0.1) is 19.6 Å². The average molecular weight is 398 g/mol. The fourth-order valence-corrected chi connectivity index (χ4v) is 3.96. The van der Waals surface area contributed by atoms with E-state index in [0.717, 1.165) is 18.4 Å². The highest BCUT2D eigenvalue weighted by Gasteiger charge is 2.42. The smallest absolute Gasteiger partial charge is 0.231 e. The molecule has 1 heterocycles. The normalized spacial score (nSPS) is 16.7. The van der Waals surface area contributed by atoms with Crippen LogP contribution in [0, 0.1) is 0 Å². The summed E-state index contributed by atoms with van der Waals surface area (Å²) in [6.07, 6.45) is 3.14. The van der Waals surface area contributed by atoms with E-state index in [2.05, 4.69) is 24.4 Å². The predicted molar refractivity (Wildman–Crippen MR) is 114 cm³/mol. The number of nitrogens with one attached hydrogen (secondary N) is 1. The molecule has 0 radical (unpaired) electrons. The molecular formula is C24H31NO4. The van der Waals surface area contributed by atoms with E-state index in [1.165, 1.54) is 5.56 Å². The number of hydrogen-bond donors (Lipinski definition) is 1. The number of carbonyl (C=O) groups is 1. The van der Waals surface area contributed by atoms with E-state index >= 15 is 0 Å². The van der Waals surface area contributed by atoms with Crippen molar-refractivity contribution in [2.45, 2.75) is 44.1 Å². The molecular weight excluding hydrogens is 366 g/mol. The molecule has 1 fully saturated rings. The molecule has 0 aromatic heterocycles. The van der Waals surface area contributed by atoms with Crippen molar-refractivity contribution >= 4 is 5.91 Å². The SMILES string of the molecule is COc1ccc(C2(C(=O)N[C@H](C)CCc3ccccc3)CCOCC2)cc1OC. The van der Waals surface area contributed by atoms with E-state index in [0.29, 0.717) is 37.6 Å². The maximum Gasteiger partial charge on any atom is 0.231 e. The van der Waals surface area contributed by atoms with E-state index in [1.54, 1.807) is 14.2 Å². The van der Waals surface area contributed by atoms with Crippen LogP contribution >= 0.6 is 0 Å². The molecule has 2 aromatic carbocycles. The van der Waals surface area contributed by atoms with E-state index in [-0.39, 0.29) is 11.9 Å². The zero-order valence-electron chi connectivity index (χ0n) is 17.6. The Morgan fingerprint density at radius 3 is 2.41 bits per heavy atom. The average Bonchev–Trinajstić information content (AvgIpc) is 2.78. The quantitative estimate of drug-likeness (QED) is 0.734. The minimum absolute atomic E-state index is 0.0635. The monoisotopic (exact) mass is 397 g/mol. The van der Waals surface area contributed by atoms with Crippen LogP contribution in [0.5, 0.6) is 11.5 Å². The molecule has 1 aliphatic rings. The number of hydrogen-bond acceptors (Lipinski definition) is 4. The molecule has 1 atom stereocenters. The van der Waals surface area contributed by atoms with Crippen LogP contribution in [-0.2, 0) is 21.4 Å². The topological polar surface area (TPSA) is 56.8 Å². The maximum absolute atomic E-state index is 13.5. The van der Waals surface area contributed by atoms with Crippen LogP contribution in [0.2, 0.25) is 0 Å². The van der Waals surface area contributed by atoms with Gasteiger partial charge in [0.2, 0.25) is 5.91 Å². The summed E-state index contributed by atoms with van der Waals surface area (Å²) in [5.74, 6) is 1.37. The molecule has 1 aliphatic heterocycles. The molecule has 1 N–H and O–H groups in total. The minimum atomic E-state index is -0.612. The van der Waals surface area contributed by atoms with Gasteiger partial charge in [-0.3, -0.25) is 4.79 Å². The molecule has 0 bridgehead atoms. The first kappa shape index (κ1) is 21.2. The standard InChI is InChI=1S/C24H31NO4/c1-18(9-10-19-7-5-4-6-8-19)25-23(26)24(13-15-29-16-14-24)20-11-12-21(27-2)22(17-20)28-3/h4-8,11-12,17-18H,9-10,13-16H2,1-3H3,(H,25,26)/t18-/m1/s1. The lowest BCUT2D eigenvalue weighted by Gasteiger charge is -2.37. The molecule has 0 spiro atoms. The highest BCUT2D eigenvalue weighted by Crippen LogP contribution is 2.39. The number of aryl methyl sites for hydroxylation is 1. The number of carbonyl (C=O) groups excluding carboxylic acids is 1. The first-order valence-corrected chi connectivity index (χ1v) is 10.2. The van der Waals surface area contributed by atoms with Crippen LogP contribution in [0.3, 0.4) is 0 Å². The number of methoxy groups -OCH3 is 2. The van der Waals surface area contributed by atoms with Gasteiger partial charge in [-0.2, -0.15) is 0 Å². The Hall–Kier alpha value is -2.53. The third-order valence-corrected chi connectivity index (χ3v) is 5.80. The van der Waals surface area contributed by atoms with Gasteiger partial charge in [0, 0.05) is 19.3 Å². The molecule has 156 valence electrons. The zero-order valence-corrected chi connectivity index (χ0v) is 17.6. The molecule has 0 saturated carbocycles. The van der Waals surface area contributed by atoms with Crippen molar-refractivity contribution in [1.82, 2.24) is 5.32 Å². The van der Waals surface area contributed by atoms with Crippen molar-refractivity contribution in [3.8, 4) is 11.5 Å². The second-order valence-electron chi connectivity index (χ2n) is 7.66. The number of ether oxygens (including phenoxy) is 3. The second-order valence-corrected chi connectivity index (χ2v) is 7.66. The fourth-order valence-electron chi connectivity index (χ4n) is 3.96. The van der Waals surface area contributed by atoms with Gasteiger partial charge >= 0.3 is 0 Å². The Bertz CT molecular complexity index is 800. The van der Waals surface area contributed by atoms with Crippen LogP contribution in [0.25, 0.3) is 0 Å². The summed E-state index contributed by atoms with van der Waals surface area (Å²) in [4.78, 5) is 13.5. The van der Waals surface area contributed by atoms with Crippen LogP contribution in [0.1, 0.15) is 37.3 Å². The first-order valence-electron chi connectivity index (χ1n) is 10.2. The molecule has 1 saturated heterocycles. The lowest BCUT2D eigenvalue weighted by molar-refractivity contribution is -0.131. The zero-order chi connectivity index (χ0) is 20.7. The minimum Gasteiger partial charge on any atom is -0.493 e. The van der Waals surface area contributed by atoms with Gasteiger partial charge in [-0.05, 0) is 55.9 Å². The van der Waals surface area contributed by atoms with Gasteiger partial charge in [-0.15, -0.1) is 0 Å². The van der Waals surface area contributed by atoms with Gasteiger partial charge in [-0.1, -0.05) is 36.4 Å². The molecule has 1 amide bonds. The first-order chi connectivity index (χ1) is 14.1. The van der Waals surface area contributed by atoms with Gasteiger partial charge < -0.3 is 19.5 Å². The summed E-state index contributed by atoms with van der Waals surface area (Å²) in [5.41, 5.74) is 1.62. The molecule has 0 aliphatic carbocycles. The lowest BCUT2D eigenvalue weighted by Crippen LogP contribution is -2.50. The second kappa shape index (κ2) is 9.79. The lowest BCUT2D eigenvalue weighted by atomic mass is 9.73. The van der Waals surface area contributed by atoms with Gasteiger partial charge in [-0.25, -0.2) is 0 Å². The molecule has 0 unspecified atom stereocenters. The summed E-state index contributed by atoms with van der Waals surface area (Å²) < 4.78 is 16.4. The third kappa shape index (κ3) is 4.91. The number of benzene rings is 2. The van der Waals surface area contributed by atoms with Crippen LogP contribution in [-0.4, -0.2) is 39.4 Å². The maximum atomic E-state index is 13.5. The van der Waals surface area contributed by atoms with Crippen molar-refractivity contribution in [3.05, 3.63) is 59.7 Å². The Morgan fingerprint density at radius 2 is 1.76 bits per heavy atom. The summed E-state index contributed by atoms with van der Waals surface area (Å²) in [7, 11) is 3.23. The Labute approximate surface area is 173 Å². The number of rotatable bonds is 8. The Balaban J connectivity index is 1.76. The summed E-state index contributed by atoms with van der Waals surface area (Å²) in [6.45, 7) is 3.21. The van der Waals surface area contributed by atoms with Gasteiger partial charge in [0.1, 0.15) is 0 Å². The molecule has 5 nitrogen and oxygen atoms in total. The van der Waals surface area contributed by atoms with Crippen molar-refractivity contribution in [2.24, 2.45) is 0 Å². The Kier molecular flexibility index (Phi) is 7.15. The van der Waals surface area contributed by atoms with Crippen LogP contribution in [0.15, 0.2) is 48.5 Å². The highest BCUT2D eigenvalue weighted by atomic mass is 16.5. The summed E-state index contributed by atoms with van der Waals surface area (Å²) in [6, 6.07) is 16.2. The molecule has 5 heteroatoms. The summed E-state index contributed by atoms with van der Waals surface area (Å²) >= 11 is 0. The summed E-state index contributed by atoms with van der Waals surface area (Å²) in [5, 5.41) is 3.26. The Morgan fingerprint density at radius 1 is 1.07 bits per heavy atom. The molecule has 3 rings (SSSR count). The molecule has 2 aromatic rings. The largest absolute Gasteiger partial charge is 0.493 e. The van der Waals surface area contributed by atoms with Crippen LogP contribution in [0.4, 0.5) is 0 Å². The van der Waals surface area contributed by atoms with Crippen LogP contribution < -0.4 is 14.8 Å². The van der Waals surface area contributed by atoms with E-state index in [9.17, 15) is 4.79 Å². The number of amides is 1. The van der Waals surface area contributed by atoms with Gasteiger partial charge in [0.25, 0.3) is 0 Å². The van der Waals surface area contributed by atoms with Crippen molar-refractivity contribution in [3.63, 3.8) is 0 Å². The highest BCUT2D eigenvalue weighted by molar-refractivity contribution is 5.88. The third-order valence-electron chi connectivity index (χ3n) is 5.80. The van der Waals surface area contributed by atoms with Crippen molar-refractivity contribution in [2.75, 3.05) is 27.4 Å². The van der Waals surface area contributed by atoms with E-state index in [4.69, 9.17) is 14.2 Å².